The van der Waals surface area contributed by atoms with Crippen molar-refractivity contribution in [3.05, 3.63) is 64.1 Å². The standard InChI is InChI=1S/C22H26BrN3O5S/c1-15(22(29)24-3)25(13-17-7-5-9-19(23)11-17)21(28)14-26(32(4,30)31)20-10-6-8-18(12-20)16(2)27/h5-12,15H,13-14H2,1-4H3,(H,24,29)/t15-/m0/s1. The van der Waals surface area contributed by atoms with Gasteiger partial charge in [0.05, 0.1) is 11.9 Å². The van der Waals surface area contributed by atoms with Crippen LogP contribution in [-0.2, 0) is 26.2 Å². The molecule has 0 bridgehead atoms. The molecule has 0 fully saturated rings. The molecule has 0 heterocycles. The lowest BCUT2D eigenvalue weighted by Crippen LogP contribution is -2.50. The number of halogens is 1. The number of likely N-dealkylation sites (N-methyl/N-ethyl adjacent to an activating group) is 1. The summed E-state index contributed by atoms with van der Waals surface area (Å²) >= 11 is 3.39. The number of carbonyl (C=O) groups excluding carboxylic acids is 3. The highest BCUT2D eigenvalue weighted by molar-refractivity contribution is 9.10. The highest BCUT2D eigenvalue weighted by Gasteiger charge is 2.29. The van der Waals surface area contributed by atoms with E-state index in [1.165, 1.54) is 31.0 Å². The lowest BCUT2D eigenvalue weighted by Gasteiger charge is -2.31. The smallest absolute Gasteiger partial charge is 0.244 e. The molecule has 0 saturated heterocycles. The predicted molar refractivity (Wildman–Crippen MR) is 127 cm³/mol. The summed E-state index contributed by atoms with van der Waals surface area (Å²) in [6.45, 7) is 2.54. The lowest BCUT2D eigenvalue weighted by atomic mass is 10.1. The van der Waals surface area contributed by atoms with Crippen molar-refractivity contribution in [1.82, 2.24) is 10.2 Å². The Morgan fingerprint density at radius 1 is 1.09 bits per heavy atom. The van der Waals surface area contributed by atoms with Crippen LogP contribution in [-0.4, -0.2) is 56.8 Å². The van der Waals surface area contributed by atoms with Gasteiger partial charge >= 0.3 is 0 Å². The van der Waals surface area contributed by atoms with E-state index in [9.17, 15) is 22.8 Å². The summed E-state index contributed by atoms with van der Waals surface area (Å²) in [5.74, 6) is -1.16. The number of amides is 2. The molecule has 0 spiro atoms. The van der Waals surface area contributed by atoms with Crippen LogP contribution in [0.1, 0.15) is 29.8 Å². The van der Waals surface area contributed by atoms with Crippen molar-refractivity contribution in [3.63, 3.8) is 0 Å². The lowest BCUT2D eigenvalue weighted by molar-refractivity contribution is -0.139. The number of rotatable bonds is 9. The van der Waals surface area contributed by atoms with E-state index < -0.39 is 28.5 Å². The molecule has 0 unspecified atom stereocenters. The minimum absolute atomic E-state index is 0.109. The Bertz CT molecular complexity index is 1120. The summed E-state index contributed by atoms with van der Waals surface area (Å²) in [7, 11) is -2.38. The Morgan fingerprint density at radius 2 is 1.75 bits per heavy atom. The molecule has 8 nitrogen and oxygen atoms in total. The minimum atomic E-state index is -3.85. The summed E-state index contributed by atoms with van der Waals surface area (Å²) in [6.07, 6.45) is 0.988. The Hall–Kier alpha value is -2.72. The number of sulfonamides is 1. The second-order valence-corrected chi connectivity index (χ2v) is 10.1. The monoisotopic (exact) mass is 523 g/mol. The zero-order valence-electron chi connectivity index (χ0n) is 18.3. The van der Waals surface area contributed by atoms with Gasteiger partial charge in [0.1, 0.15) is 12.6 Å². The molecule has 172 valence electrons. The molecule has 1 atom stereocenters. The molecule has 0 aliphatic carbocycles. The van der Waals surface area contributed by atoms with Crippen molar-refractivity contribution in [2.75, 3.05) is 24.2 Å². The molecule has 2 aromatic rings. The normalized spacial score (nSPS) is 12.0. The average molecular weight is 524 g/mol. The Morgan fingerprint density at radius 3 is 2.31 bits per heavy atom. The number of carbonyl (C=O) groups is 3. The molecular weight excluding hydrogens is 498 g/mol. The molecule has 32 heavy (non-hydrogen) atoms. The molecule has 1 N–H and O–H groups in total. The van der Waals surface area contributed by atoms with Crippen molar-refractivity contribution in [3.8, 4) is 0 Å². The largest absolute Gasteiger partial charge is 0.357 e. The van der Waals surface area contributed by atoms with Gasteiger partial charge in [0.15, 0.2) is 5.78 Å². The first-order valence-corrected chi connectivity index (χ1v) is 12.4. The van der Waals surface area contributed by atoms with Crippen molar-refractivity contribution >= 4 is 49.2 Å². The molecule has 0 radical (unpaired) electrons. The first kappa shape index (κ1) is 25.5. The van der Waals surface area contributed by atoms with Gasteiger partial charge < -0.3 is 10.2 Å². The summed E-state index contributed by atoms with van der Waals surface area (Å²) < 4.78 is 26.8. The maximum atomic E-state index is 13.3. The van der Waals surface area contributed by atoms with Gasteiger partial charge in [-0.15, -0.1) is 0 Å². The van der Waals surface area contributed by atoms with E-state index in [2.05, 4.69) is 21.2 Å². The van der Waals surface area contributed by atoms with Crippen molar-refractivity contribution in [2.24, 2.45) is 0 Å². The topological polar surface area (TPSA) is 104 Å². The number of nitrogens with one attached hydrogen (secondary N) is 1. The maximum Gasteiger partial charge on any atom is 0.244 e. The molecule has 2 aromatic carbocycles. The SMILES string of the molecule is CNC(=O)[C@H](C)N(Cc1cccc(Br)c1)C(=O)CN(c1cccc(C(C)=O)c1)S(C)(=O)=O. The van der Waals surface area contributed by atoms with E-state index in [4.69, 9.17) is 0 Å². The van der Waals surface area contributed by atoms with Gasteiger partial charge in [-0.2, -0.15) is 0 Å². The molecule has 0 aromatic heterocycles. The van der Waals surface area contributed by atoms with Crippen LogP contribution in [0, 0.1) is 0 Å². The Balaban J connectivity index is 2.42. The van der Waals surface area contributed by atoms with E-state index in [0.717, 1.165) is 20.6 Å². The van der Waals surface area contributed by atoms with Gasteiger partial charge in [-0.25, -0.2) is 8.42 Å². The van der Waals surface area contributed by atoms with Crippen molar-refractivity contribution < 1.29 is 22.8 Å². The number of anilines is 1. The summed E-state index contributed by atoms with van der Waals surface area (Å²) in [5.41, 5.74) is 1.30. The Labute approximate surface area is 196 Å². The van der Waals surface area contributed by atoms with E-state index in [0.29, 0.717) is 5.56 Å². The van der Waals surface area contributed by atoms with Crippen LogP contribution >= 0.6 is 15.9 Å². The minimum Gasteiger partial charge on any atom is -0.357 e. The number of nitrogens with zero attached hydrogens (tertiary/aromatic N) is 2. The molecule has 10 heteroatoms. The molecule has 0 aliphatic rings. The number of ketones is 1. The van der Waals surface area contributed by atoms with Gasteiger partial charge in [0, 0.05) is 23.6 Å². The summed E-state index contributed by atoms with van der Waals surface area (Å²) in [4.78, 5) is 38.7. The van der Waals surface area contributed by atoms with Crippen LogP contribution < -0.4 is 9.62 Å². The number of Topliss-reactive ketones (excluding diaryl/α,β-unsaturated/α-hetero) is 1. The van der Waals surface area contributed by atoms with Crippen molar-refractivity contribution in [2.45, 2.75) is 26.4 Å². The van der Waals surface area contributed by atoms with Gasteiger partial charge in [0.2, 0.25) is 21.8 Å². The number of hydrogen-bond donors (Lipinski definition) is 1. The third-order valence-corrected chi connectivity index (χ3v) is 6.51. The van der Waals surface area contributed by atoms with E-state index >= 15 is 0 Å². The third kappa shape index (κ3) is 6.64. The molecule has 2 rings (SSSR count). The molecule has 2 amide bonds. The highest BCUT2D eigenvalue weighted by Crippen LogP contribution is 2.21. The van der Waals surface area contributed by atoms with Gasteiger partial charge in [-0.1, -0.05) is 40.2 Å². The van der Waals surface area contributed by atoms with Crippen molar-refractivity contribution in [1.29, 1.82) is 0 Å². The molecular formula is C22H26BrN3O5S. The maximum absolute atomic E-state index is 13.3. The van der Waals surface area contributed by atoms with Gasteiger partial charge in [0.25, 0.3) is 0 Å². The highest BCUT2D eigenvalue weighted by atomic mass is 79.9. The van der Waals surface area contributed by atoms with Gasteiger partial charge in [-0.05, 0) is 43.7 Å². The van der Waals surface area contributed by atoms with Crippen LogP contribution in [0.5, 0.6) is 0 Å². The number of hydrogen-bond acceptors (Lipinski definition) is 5. The zero-order chi connectivity index (χ0) is 24.1. The fourth-order valence-corrected chi connectivity index (χ4v) is 4.41. The Kier molecular flexibility index (Phi) is 8.57. The van der Waals surface area contributed by atoms with Crippen LogP contribution in [0.2, 0.25) is 0 Å². The summed E-state index contributed by atoms with van der Waals surface area (Å²) in [6, 6.07) is 12.5. The van der Waals surface area contributed by atoms with Crippen LogP contribution in [0.25, 0.3) is 0 Å². The molecule has 0 aliphatic heterocycles. The second kappa shape index (κ2) is 10.7. The first-order chi connectivity index (χ1) is 14.9. The van der Waals surface area contributed by atoms with E-state index in [1.807, 2.05) is 24.3 Å². The third-order valence-electron chi connectivity index (χ3n) is 4.88. The summed E-state index contributed by atoms with van der Waals surface area (Å²) in [5, 5.41) is 2.52. The fourth-order valence-electron chi connectivity index (χ4n) is 3.12. The zero-order valence-corrected chi connectivity index (χ0v) is 20.7. The van der Waals surface area contributed by atoms with Crippen LogP contribution in [0.15, 0.2) is 53.0 Å². The van der Waals surface area contributed by atoms with Gasteiger partial charge in [-0.3, -0.25) is 18.7 Å². The average Bonchev–Trinajstić information content (AvgIpc) is 2.73. The number of benzene rings is 2. The van der Waals surface area contributed by atoms with E-state index in [-0.39, 0.29) is 23.9 Å². The fraction of sp³-hybridized carbons (Fsp3) is 0.318. The van der Waals surface area contributed by atoms with E-state index in [1.54, 1.807) is 19.1 Å². The second-order valence-electron chi connectivity index (χ2n) is 7.32. The van der Waals surface area contributed by atoms with Crippen LogP contribution in [0.4, 0.5) is 5.69 Å². The quantitative estimate of drug-likeness (QED) is 0.508. The first-order valence-electron chi connectivity index (χ1n) is 9.78. The predicted octanol–water partition coefficient (Wildman–Crippen LogP) is 2.58. The van der Waals surface area contributed by atoms with Crippen LogP contribution in [0.3, 0.4) is 0 Å². The molecule has 0 saturated carbocycles.